The van der Waals surface area contributed by atoms with E-state index >= 15 is 0 Å². The van der Waals surface area contributed by atoms with Crippen LogP contribution >= 0.6 is 0 Å². The number of aliphatic hydroxyl groups is 1. The topological polar surface area (TPSA) is 40.5 Å². The van der Waals surface area contributed by atoms with Gasteiger partial charge in [-0.2, -0.15) is 0 Å². The molecule has 14 heavy (non-hydrogen) atoms. The second-order valence-corrected chi connectivity index (χ2v) is 3.78. The highest BCUT2D eigenvalue weighted by molar-refractivity contribution is 5.59. The van der Waals surface area contributed by atoms with Crippen LogP contribution in [0.25, 0.3) is 0 Å². The van der Waals surface area contributed by atoms with Crippen LogP contribution in [0.3, 0.4) is 0 Å². The van der Waals surface area contributed by atoms with Gasteiger partial charge in [-0.15, -0.1) is 0 Å². The molecule has 0 atom stereocenters. The highest BCUT2D eigenvalue weighted by Gasteiger charge is 2.27. The summed E-state index contributed by atoms with van der Waals surface area (Å²) in [5.41, 5.74) is -0.217. The van der Waals surface area contributed by atoms with E-state index in [1.165, 1.54) is 0 Å². The predicted molar refractivity (Wildman–Crippen MR) is 58.3 cm³/mol. The Kier molecular flexibility index (Phi) is 6.75. The molecule has 0 saturated carbocycles. The molecule has 3 nitrogen and oxygen atoms in total. The molecular formula is C11H23NO2. The molecule has 0 heterocycles. The number of aliphatic hydroxyl groups excluding tert-OH is 1. The number of likely N-dealkylation sites (N-methyl/N-ethyl adjacent to an activating group) is 1. The number of rotatable bonds is 8. The molecule has 0 amide bonds. The molecule has 0 aromatic rings. The van der Waals surface area contributed by atoms with Crippen LogP contribution in [-0.4, -0.2) is 42.5 Å². The van der Waals surface area contributed by atoms with Crippen LogP contribution in [0.2, 0.25) is 0 Å². The van der Waals surface area contributed by atoms with E-state index in [4.69, 9.17) is 5.11 Å². The molecule has 0 unspecified atom stereocenters. The fraction of sp³-hybridized carbons (Fsp3) is 0.909. The molecule has 0 saturated heterocycles. The molecule has 0 aliphatic carbocycles. The third kappa shape index (κ3) is 3.76. The summed E-state index contributed by atoms with van der Waals surface area (Å²) in [6.45, 7) is 8.62. The molecule has 0 aromatic heterocycles. The molecule has 84 valence electrons. The summed E-state index contributed by atoms with van der Waals surface area (Å²) in [6.07, 6.45) is 2.82. The summed E-state index contributed by atoms with van der Waals surface area (Å²) in [5.74, 6) is 0. The average Bonchev–Trinajstić information content (AvgIpc) is 2.25. The summed E-state index contributed by atoms with van der Waals surface area (Å²) in [5, 5.41) is 8.85. The fourth-order valence-electron chi connectivity index (χ4n) is 1.61. The lowest BCUT2D eigenvalue weighted by atomic mass is 9.83. The molecule has 1 N–H and O–H groups in total. The van der Waals surface area contributed by atoms with E-state index < -0.39 is 0 Å². The van der Waals surface area contributed by atoms with Crippen molar-refractivity contribution in [2.24, 2.45) is 5.41 Å². The van der Waals surface area contributed by atoms with E-state index in [0.717, 1.165) is 32.2 Å². The number of carbonyl (C=O) groups excluding carboxylic acids is 1. The zero-order valence-corrected chi connectivity index (χ0v) is 9.62. The molecule has 0 aliphatic rings. The Morgan fingerprint density at radius 1 is 1.29 bits per heavy atom. The van der Waals surface area contributed by atoms with E-state index in [0.29, 0.717) is 6.54 Å². The molecule has 0 bridgehead atoms. The van der Waals surface area contributed by atoms with Crippen molar-refractivity contribution >= 4 is 6.29 Å². The predicted octanol–water partition coefficient (Wildman–Crippen LogP) is 1.31. The lowest BCUT2D eigenvalue weighted by Gasteiger charge is -2.31. The van der Waals surface area contributed by atoms with E-state index in [-0.39, 0.29) is 12.0 Å². The fourth-order valence-corrected chi connectivity index (χ4v) is 1.61. The van der Waals surface area contributed by atoms with Crippen LogP contribution in [-0.2, 0) is 4.79 Å². The summed E-state index contributed by atoms with van der Waals surface area (Å²) >= 11 is 0. The minimum Gasteiger partial charge on any atom is -0.395 e. The molecule has 0 radical (unpaired) electrons. The van der Waals surface area contributed by atoms with Gasteiger partial charge in [0.1, 0.15) is 6.29 Å². The van der Waals surface area contributed by atoms with Gasteiger partial charge < -0.3 is 14.8 Å². The Morgan fingerprint density at radius 2 is 1.86 bits per heavy atom. The number of hydrogen-bond acceptors (Lipinski definition) is 3. The number of aldehydes is 1. The molecule has 0 aromatic carbocycles. The van der Waals surface area contributed by atoms with E-state index in [1.54, 1.807) is 0 Å². The molecule has 0 fully saturated rings. The van der Waals surface area contributed by atoms with Crippen LogP contribution in [0.4, 0.5) is 0 Å². The van der Waals surface area contributed by atoms with Gasteiger partial charge in [0.15, 0.2) is 0 Å². The van der Waals surface area contributed by atoms with E-state index in [1.807, 2.05) is 13.8 Å². The Morgan fingerprint density at radius 3 is 2.14 bits per heavy atom. The highest BCUT2D eigenvalue weighted by Crippen LogP contribution is 2.24. The van der Waals surface area contributed by atoms with Crippen molar-refractivity contribution in [3.63, 3.8) is 0 Å². The average molecular weight is 201 g/mol. The maximum absolute atomic E-state index is 11.1. The normalized spacial score (nSPS) is 12.1. The Bertz CT molecular complexity index is 155. The second kappa shape index (κ2) is 6.96. The molecule has 0 spiro atoms. The van der Waals surface area contributed by atoms with E-state index in [9.17, 15) is 4.79 Å². The number of nitrogens with zero attached hydrogens (tertiary/aromatic N) is 1. The van der Waals surface area contributed by atoms with Crippen molar-refractivity contribution in [3.05, 3.63) is 0 Å². The monoisotopic (exact) mass is 201 g/mol. The van der Waals surface area contributed by atoms with Gasteiger partial charge in [-0.05, 0) is 19.4 Å². The lowest BCUT2D eigenvalue weighted by molar-refractivity contribution is -0.117. The van der Waals surface area contributed by atoms with Crippen LogP contribution in [0.5, 0.6) is 0 Å². The smallest absolute Gasteiger partial charge is 0.127 e. The first-order chi connectivity index (χ1) is 6.67. The SMILES string of the molecule is CCN(CCO)CC(C=O)(CC)CC. The Labute approximate surface area is 87.1 Å². The van der Waals surface area contributed by atoms with Gasteiger partial charge in [-0.1, -0.05) is 20.8 Å². The van der Waals surface area contributed by atoms with E-state index in [2.05, 4.69) is 11.8 Å². The Balaban J connectivity index is 4.31. The van der Waals surface area contributed by atoms with Crippen LogP contribution in [0, 0.1) is 5.41 Å². The van der Waals surface area contributed by atoms with Gasteiger partial charge in [0.2, 0.25) is 0 Å². The first-order valence-corrected chi connectivity index (χ1v) is 5.47. The minimum absolute atomic E-state index is 0.163. The third-order valence-corrected chi connectivity index (χ3v) is 3.06. The molecule has 0 rings (SSSR count). The standard InChI is InChI=1S/C11H23NO2/c1-4-11(5-2,10-14)9-12(6-3)7-8-13/h10,13H,4-9H2,1-3H3. The van der Waals surface area contributed by atoms with Gasteiger partial charge in [-0.3, -0.25) is 0 Å². The largest absolute Gasteiger partial charge is 0.395 e. The van der Waals surface area contributed by atoms with Crippen molar-refractivity contribution in [1.29, 1.82) is 0 Å². The first kappa shape index (κ1) is 13.6. The summed E-state index contributed by atoms with van der Waals surface area (Å²) in [7, 11) is 0. The zero-order chi connectivity index (χ0) is 11.0. The summed E-state index contributed by atoms with van der Waals surface area (Å²) in [6, 6.07) is 0. The minimum atomic E-state index is -0.217. The summed E-state index contributed by atoms with van der Waals surface area (Å²) in [4.78, 5) is 13.2. The molecule has 3 heteroatoms. The third-order valence-electron chi connectivity index (χ3n) is 3.06. The Hall–Kier alpha value is -0.410. The maximum atomic E-state index is 11.1. The van der Waals surface area contributed by atoms with Crippen LogP contribution < -0.4 is 0 Å². The van der Waals surface area contributed by atoms with Crippen LogP contribution in [0.15, 0.2) is 0 Å². The van der Waals surface area contributed by atoms with Gasteiger partial charge in [0.25, 0.3) is 0 Å². The lowest BCUT2D eigenvalue weighted by Crippen LogP contribution is -2.39. The van der Waals surface area contributed by atoms with Crippen LogP contribution in [0.1, 0.15) is 33.6 Å². The first-order valence-electron chi connectivity index (χ1n) is 5.47. The highest BCUT2D eigenvalue weighted by atomic mass is 16.3. The van der Waals surface area contributed by atoms with Crippen molar-refractivity contribution in [3.8, 4) is 0 Å². The molecule has 0 aliphatic heterocycles. The van der Waals surface area contributed by atoms with Crippen molar-refractivity contribution in [1.82, 2.24) is 4.90 Å². The molecular weight excluding hydrogens is 178 g/mol. The van der Waals surface area contributed by atoms with Gasteiger partial charge >= 0.3 is 0 Å². The zero-order valence-electron chi connectivity index (χ0n) is 9.62. The van der Waals surface area contributed by atoms with Crippen molar-refractivity contribution in [2.45, 2.75) is 33.6 Å². The number of hydrogen-bond donors (Lipinski definition) is 1. The van der Waals surface area contributed by atoms with Gasteiger partial charge in [0, 0.05) is 18.5 Å². The van der Waals surface area contributed by atoms with Crippen molar-refractivity contribution in [2.75, 3.05) is 26.2 Å². The quantitative estimate of drug-likeness (QED) is 0.602. The maximum Gasteiger partial charge on any atom is 0.127 e. The number of carbonyl (C=O) groups is 1. The van der Waals surface area contributed by atoms with Gasteiger partial charge in [0.05, 0.1) is 6.61 Å². The summed E-state index contributed by atoms with van der Waals surface area (Å²) < 4.78 is 0. The van der Waals surface area contributed by atoms with Gasteiger partial charge in [-0.25, -0.2) is 0 Å². The van der Waals surface area contributed by atoms with Crippen molar-refractivity contribution < 1.29 is 9.90 Å². The second-order valence-electron chi connectivity index (χ2n) is 3.78.